The van der Waals surface area contributed by atoms with E-state index in [4.69, 9.17) is 21.4 Å². The molecule has 22 heavy (non-hydrogen) atoms. The lowest BCUT2D eigenvalue weighted by Crippen LogP contribution is -2.49. The Balaban J connectivity index is 2.04. The van der Waals surface area contributed by atoms with Crippen LogP contribution in [0.3, 0.4) is 0 Å². The molecule has 1 N–H and O–H groups in total. The molecule has 1 atom stereocenters. The third kappa shape index (κ3) is 4.43. The number of piperazine rings is 1. The van der Waals surface area contributed by atoms with Crippen LogP contribution in [0.15, 0.2) is 24.3 Å². The molecule has 1 unspecified atom stereocenters. The number of halogens is 1. The second-order valence-electron chi connectivity index (χ2n) is 5.43. The number of hydrogen-bond donors (Lipinski definition) is 1. The zero-order chi connectivity index (χ0) is 15.9. The van der Waals surface area contributed by atoms with E-state index >= 15 is 0 Å². The number of aliphatic hydroxyl groups is 1. The Morgan fingerprint density at radius 1 is 1.27 bits per heavy atom. The molecule has 6 heteroatoms. The summed E-state index contributed by atoms with van der Waals surface area (Å²) in [4.78, 5) is 16.7. The van der Waals surface area contributed by atoms with Gasteiger partial charge in [-0.1, -0.05) is 23.7 Å². The van der Waals surface area contributed by atoms with Gasteiger partial charge in [-0.3, -0.25) is 4.90 Å². The molecule has 0 radical (unpaired) electrons. The van der Waals surface area contributed by atoms with Gasteiger partial charge in [0.15, 0.2) is 0 Å². The van der Waals surface area contributed by atoms with E-state index < -0.39 is 0 Å². The van der Waals surface area contributed by atoms with Crippen molar-refractivity contribution in [1.82, 2.24) is 9.80 Å². The molecule has 2 rings (SSSR count). The van der Waals surface area contributed by atoms with Gasteiger partial charge in [-0.25, -0.2) is 4.79 Å². The molecule has 1 aliphatic heterocycles. The summed E-state index contributed by atoms with van der Waals surface area (Å²) in [5, 5.41) is 9.56. The van der Waals surface area contributed by atoms with Crippen molar-refractivity contribution in [3.05, 3.63) is 34.9 Å². The van der Waals surface area contributed by atoms with Crippen LogP contribution in [0.2, 0.25) is 5.02 Å². The number of carbonyl (C=O) groups is 1. The molecular weight excluding hydrogens is 304 g/mol. The van der Waals surface area contributed by atoms with Crippen LogP contribution in [-0.4, -0.2) is 67.3 Å². The van der Waals surface area contributed by atoms with Gasteiger partial charge in [-0.15, -0.1) is 0 Å². The summed E-state index contributed by atoms with van der Waals surface area (Å²) >= 11 is 5.93. The number of esters is 1. The highest BCUT2D eigenvalue weighted by Crippen LogP contribution is 2.25. The van der Waals surface area contributed by atoms with Crippen LogP contribution in [0.25, 0.3) is 0 Å². The van der Waals surface area contributed by atoms with E-state index in [1.165, 1.54) is 7.11 Å². The average molecular weight is 327 g/mol. The second-order valence-corrected chi connectivity index (χ2v) is 5.87. The number of ether oxygens (including phenoxy) is 1. The predicted octanol–water partition coefficient (Wildman–Crippen LogP) is 1.55. The van der Waals surface area contributed by atoms with Crippen LogP contribution >= 0.6 is 11.6 Å². The molecule has 0 aliphatic carbocycles. The second kappa shape index (κ2) is 8.48. The van der Waals surface area contributed by atoms with Gasteiger partial charge < -0.3 is 14.7 Å². The van der Waals surface area contributed by atoms with Gasteiger partial charge in [0, 0.05) is 44.4 Å². The lowest BCUT2D eigenvalue weighted by molar-refractivity contribution is -0.148. The topological polar surface area (TPSA) is 53.0 Å². The summed E-state index contributed by atoms with van der Waals surface area (Å²) in [6, 6.07) is 6.96. The molecule has 1 heterocycles. The first-order chi connectivity index (χ1) is 10.7. The summed E-state index contributed by atoms with van der Waals surface area (Å²) in [5.74, 6) is -0.244. The van der Waals surface area contributed by atoms with E-state index in [2.05, 4.69) is 9.80 Å². The van der Waals surface area contributed by atoms with Crippen LogP contribution in [0.5, 0.6) is 0 Å². The Kier molecular flexibility index (Phi) is 6.64. The van der Waals surface area contributed by atoms with Crippen molar-refractivity contribution in [2.75, 3.05) is 46.4 Å². The quantitative estimate of drug-likeness (QED) is 0.804. The lowest BCUT2D eigenvalue weighted by Gasteiger charge is -2.38. The molecule has 1 saturated heterocycles. The zero-order valence-corrected chi connectivity index (χ0v) is 13.6. The van der Waals surface area contributed by atoms with Gasteiger partial charge in [-0.2, -0.15) is 0 Å². The summed E-state index contributed by atoms with van der Waals surface area (Å²) in [6.07, 6.45) is 0.789. The smallest absolute Gasteiger partial charge is 0.327 e. The predicted molar refractivity (Wildman–Crippen MR) is 85.9 cm³/mol. The number of methoxy groups -OCH3 is 1. The third-order valence-electron chi connectivity index (χ3n) is 4.01. The highest BCUT2D eigenvalue weighted by Gasteiger charge is 2.31. The molecule has 1 aromatic rings. The first-order valence-electron chi connectivity index (χ1n) is 7.56. The van der Waals surface area contributed by atoms with E-state index in [1.54, 1.807) is 12.1 Å². The summed E-state index contributed by atoms with van der Waals surface area (Å²) < 4.78 is 4.98. The van der Waals surface area contributed by atoms with Crippen LogP contribution in [0.4, 0.5) is 0 Å². The average Bonchev–Trinajstić information content (AvgIpc) is 2.56. The Morgan fingerprint density at radius 3 is 2.45 bits per heavy atom. The number of nitrogens with zero attached hydrogens (tertiary/aromatic N) is 2. The maximum Gasteiger partial charge on any atom is 0.327 e. The van der Waals surface area contributed by atoms with Gasteiger partial charge in [0.05, 0.1) is 7.11 Å². The van der Waals surface area contributed by atoms with Gasteiger partial charge in [0.1, 0.15) is 6.04 Å². The third-order valence-corrected chi connectivity index (χ3v) is 4.27. The van der Waals surface area contributed by atoms with Crippen LogP contribution in [-0.2, 0) is 9.53 Å². The van der Waals surface area contributed by atoms with Crippen LogP contribution in [0, 0.1) is 0 Å². The molecule has 1 aliphatic rings. The van der Waals surface area contributed by atoms with Crippen LogP contribution < -0.4 is 0 Å². The first kappa shape index (κ1) is 17.2. The SMILES string of the molecule is COC(=O)C(c1ccc(Cl)cc1)N1CCN(CCCO)CC1. The Morgan fingerprint density at radius 2 is 1.91 bits per heavy atom. The van der Waals surface area contributed by atoms with Crippen molar-refractivity contribution in [2.24, 2.45) is 0 Å². The number of aliphatic hydroxyl groups excluding tert-OH is 1. The lowest BCUT2D eigenvalue weighted by atomic mass is 10.0. The highest BCUT2D eigenvalue weighted by molar-refractivity contribution is 6.30. The molecule has 1 aromatic carbocycles. The van der Waals surface area contributed by atoms with Crippen molar-refractivity contribution in [2.45, 2.75) is 12.5 Å². The normalized spacial score (nSPS) is 18.1. The minimum Gasteiger partial charge on any atom is -0.468 e. The summed E-state index contributed by atoms with van der Waals surface area (Å²) in [6.45, 7) is 4.49. The Labute approximate surface area is 136 Å². The number of rotatable bonds is 6. The van der Waals surface area contributed by atoms with Crippen molar-refractivity contribution in [3.8, 4) is 0 Å². The van der Waals surface area contributed by atoms with Gasteiger partial charge in [-0.05, 0) is 24.1 Å². The van der Waals surface area contributed by atoms with Gasteiger partial charge >= 0.3 is 5.97 Å². The number of benzene rings is 1. The van der Waals surface area contributed by atoms with E-state index in [0.717, 1.165) is 44.7 Å². The molecule has 5 nitrogen and oxygen atoms in total. The summed E-state index contributed by atoms with van der Waals surface area (Å²) in [5.41, 5.74) is 0.903. The monoisotopic (exact) mass is 326 g/mol. The number of hydrogen-bond acceptors (Lipinski definition) is 5. The van der Waals surface area contributed by atoms with Crippen molar-refractivity contribution in [3.63, 3.8) is 0 Å². The Hall–Kier alpha value is -1.14. The number of carbonyl (C=O) groups excluding carboxylic acids is 1. The van der Waals surface area contributed by atoms with E-state index in [-0.39, 0.29) is 18.6 Å². The fraction of sp³-hybridized carbons (Fsp3) is 0.562. The van der Waals surface area contributed by atoms with Gasteiger partial charge in [0.2, 0.25) is 0 Å². The van der Waals surface area contributed by atoms with E-state index in [0.29, 0.717) is 5.02 Å². The molecular formula is C16H23ClN2O3. The van der Waals surface area contributed by atoms with Crippen molar-refractivity contribution >= 4 is 17.6 Å². The highest BCUT2D eigenvalue weighted by atomic mass is 35.5. The Bertz CT molecular complexity index is 473. The zero-order valence-electron chi connectivity index (χ0n) is 12.9. The molecule has 0 amide bonds. The fourth-order valence-corrected chi connectivity index (χ4v) is 2.92. The standard InChI is InChI=1S/C16H23ClN2O3/c1-22-16(21)15(13-3-5-14(17)6-4-13)19-10-8-18(9-11-19)7-2-12-20/h3-6,15,20H,2,7-12H2,1H3. The molecule has 0 bridgehead atoms. The molecule has 0 spiro atoms. The molecule has 0 aromatic heterocycles. The molecule has 122 valence electrons. The minimum atomic E-state index is -0.387. The van der Waals surface area contributed by atoms with Crippen LogP contribution in [0.1, 0.15) is 18.0 Å². The summed E-state index contributed by atoms with van der Waals surface area (Å²) in [7, 11) is 1.42. The fourth-order valence-electron chi connectivity index (χ4n) is 2.79. The first-order valence-corrected chi connectivity index (χ1v) is 7.94. The minimum absolute atomic E-state index is 0.218. The van der Waals surface area contributed by atoms with E-state index in [9.17, 15) is 4.79 Å². The van der Waals surface area contributed by atoms with Gasteiger partial charge in [0.25, 0.3) is 0 Å². The van der Waals surface area contributed by atoms with Crippen molar-refractivity contribution in [1.29, 1.82) is 0 Å². The maximum atomic E-state index is 12.2. The molecule has 1 fully saturated rings. The van der Waals surface area contributed by atoms with E-state index in [1.807, 2.05) is 12.1 Å². The molecule has 0 saturated carbocycles. The largest absolute Gasteiger partial charge is 0.468 e. The maximum absolute atomic E-state index is 12.2. The van der Waals surface area contributed by atoms with Crippen molar-refractivity contribution < 1.29 is 14.6 Å².